The Morgan fingerprint density at radius 1 is 1.46 bits per heavy atom. The SMILES string of the molecule is COc1ccc(C)cc1CC(C)=O. The number of methoxy groups -OCH3 is 1. The summed E-state index contributed by atoms with van der Waals surface area (Å²) in [6.07, 6.45) is 0.449. The number of carbonyl (C=O) groups is 1. The Labute approximate surface area is 78.5 Å². The molecule has 0 aliphatic carbocycles. The molecule has 0 saturated carbocycles. The lowest BCUT2D eigenvalue weighted by Gasteiger charge is -2.07. The van der Waals surface area contributed by atoms with Crippen molar-refractivity contribution in [2.24, 2.45) is 0 Å². The largest absolute Gasteiger partial charge is 0.496 e. The number of ketones is 1. The van der Waals surface area contributed by atoms with Crippen molar-refractivity contribution in [2.45, 2.75) is 20.3 Å². The molecule has 0 unspecified atom stereocenters. The highest BCUT2D eigenvalue weighted by Crippen LogP contribution is 2.20. The van der Waals surface area contributed by atoms with Crippen LogP contribution < -0.4 is 4.74 Å². The third-order valence-corrected chi connectivity index (χ3v) is 1.88. The smallest absolute Gasteiger partial charge is 0.134 e. The van der Waals surface area contributed by atoms with E-state index in [1.54, 1.807) is 14.0 Å². The van der Waals surface area contributed by atoms with E-state index in [9.17, 15) is 4.79 Å². The zero-order chi connectivity index (χ0) is 9.84. The van der Waals surface area contributed by atoms with Gasteiger partial charge >= 0.3 is 0 Å². The lowest BCUT2D eigenvalue weighted by Crippen LogP contribution is -1.99. The van der Waals surface area contributed by atoms with Gasteiger partial charge in [-0.25, -0.2) is 0 Å². The molecule has 2 nitrogen and oxygen atoms in total. The van der Waals surface area contributed by atoms with Gasteiger partial charge < -0.3 is 4.74 Å². The fraction of sp³-hybridized carbons (Fsp3) is 0.364. The summed E-state index contributed by atoms with van der Waals surface area (Å²) < 4.78 is 5.15. The monoisotopic (exact) mass is 178 g/mol. The van der Waals surface area contributed by atoms with E-state index in [-0.39, 0.29) is 5.78 Å². The summed E-state index contributed by atoms with van der Waals surface area (Å²) in [4.78, 5) is 10.9. The summed E-state index contributed by atoms with van der Waals surface area (Å²) in [7, 11) is 1.62. The Bertz CT molecular complexity index is 316. The molecule has 2 heteroatoms. The number of hydrogen-bond acceptors (Lipinski definition) is 2. The van der Waals surface area contributed by atoms with Crippen LogP contribution in [0.4, 0.5) is 0 Å². The molecule has 0 fully saturated rings. The topological polar surface area (TPSA) is 26.3 Å². The third kappa shape index (κ3) is 2.58. The quantitative estimate of drug-likeness (QED) is 0.708. The second-order valence-electron chi connectivity index (χ2n) is 3.19. The number of rotatable bonds is 3. The highest BCUT2D eigenvalue weighted by atomic mass is 16.5. The van der Waals surface area contributed by atoms with E-state index in [4.69, 9.17) is 4.74 Å². The molecular formula is C11H14O2. The van der Waals surface area contributed by atoms with Crippen LogP contribution in [-0.2, 0) is 11.2 Å². The van der Waals surface area contributed by atoms with Crippen LogP contribution in [0.25, 0.3) is 0 Å². The molecule has 0 amide bonds. The molecule has 0 aliphatic rings. The molecule has 1 aromatic rings. The summed E-state index contributed by atoms with van der Waals surface area (Å²) in [5.41, 5.74) is 2.12. The molecule has 70 valence electrons. The molecule has 0 N–H and O–H groups in total. The predicted molar refractivity (Wildman–Crippen MR) is 52.1 cm³/mol. The van der Waals surface area contributed by atoms with Gasteiger partial charge in [0.25, 0.3) is 0 Å². The lowest BCUT2D eigenvalue weighted by atomic mass is 10.1. The molecule has 0 atom stereocenters. The maximum atomic E-state index is 10.9. The Kier molecular flexibility index (Phi) is 3.07. The average Bonchev–Trinajstić information content (AvgIpc) is 2.03. The van der Waals surface area contributed by atoms with Gasteiger partial charge in [-0.3, -0.25) is 4.79 Å². The average molecular weight is 178 g/mol. The number of Topliss-reactive ketones (excluding diaryl/α,β-unsaturated/α-hetero) is 1. The minimum Gasteiger partial charge on any atom is -0.496 e. The third-order valence-electron chi connectivity index (χ3n) is 1.88. The van der Waals surface area contributed by atoms with Crippen molar-refractivity contribution in [1.29, 1.82) is 0 Å². The fourth-order valence-electron chi connectivity index (χ4n) is 1.31. The number of ether oxygens (including phenoxy) is 1. The predicted octanol–water partition coefficient (Wildman–Crippen LogP) is 2.14. The second-order valence-corrected chi connectivity index (χ2v) is 3.19. The lowest BCUT2D eigenvalue weighted by molar-refractivity contribution is -0.116. The standard InChI is InChI=1S/C11H14O2/c1-8-4-5-11(13-3)10(6-8)7-9(2)12/h4-6H,7H2,1-3H3. The highest BCUT2D eigenvalue weighted by Gasteiger charge is 2.04. The van der Waals surface area contributed by atoms with Gasteiger partial charge in [0.2, 0.25) is 0 Å². The van der Waals surface area contributed by atoms with Crippen LogP contribution in [0.3, 0.4) is 0 Å². The van der Waals surface area contributed by atoms with Crippen LogP contribution in [0.15, 0.2) is 18.2 Å². The Morgan fingerprint density at radius 2 is 2.15 bits per heavy atom. The van der Waals surface area contributed by atoms with Crippen LogP contribution in [0, 0.1) is 6.92 Å². The van der Waals surface area contributed by atoms with Gasteiger partial charge in [0.1, 0.15) is 11.5 Å². The van der Waals surface area contributed by atoms with Gasteiger partial charge in [-0.2, -0.15) is 0 Å². The maximum absolute atomic E-state index is 10.9. The number of hydrogen-bond donors (Lipinski definition) is 0. The van der Waals surface area contributed by atoms with Gasteiger partial charge in [0, 0.05) is 12.0 Å². The summed E-state index contributed by atoms with van der Waals surface area (Å²) in [5, 5.41) is 0. The number of carbonyl (C=O) groups excluding carboxylic acids is 1. The Balaban J connectivity index is 3.01. The minimum atomic E-state index is 0.156. The number of benzene rings is 1. The summed E-state index contributed by atoms with van der Waals surface area (Å²) in [5.74, 6) is 0.949. The van der Waals surface area contributed by atoms with Crippen molar-refractivity contribution in [1.82, 2.24) is 0 Å². The van der Waals surface area contributed by atoms with E-state index in [0.717, 1.165) is 16.9 Å². The first-order valence-electron chi connectivity index (χ1n) is 4.26. The van der Waals surface area contributed by atoms with Crippen molar-refractivity contribution >= 4 is 5.78 Å². The van der Waals surface area contributed by atoms with Crippen LogP contribution in [0.1, 0.15) is 18.1 Å². The molecule has 0 aliphatic heterocycles. The normalized spacial score (nSPS) is 9.77. The van der Waals surface area contributed by atoms with E-state index in [1.807, 2.05) is 25.1 Å². The van der Waals surface area contributed by atoms with Crippen molar-refractivity contribution in [3.05, 3.63) is 29.3 Å². The fourth-order valence-corrected chi connectivity index (χ4v) is 1.31. The Morgan fingerprint density at radius 3 is 2.69 bits per heavy atom. The van der Waals surface area contributed by atoms with Gasteiger partial charge in [-0.1, -0.05) is 17.7 Å². The van der Waals surface area contributed by atoms with Crippen LogP contribution in [0.2, 0.25) is 0 Å². The van der Waals surface area contributed by atoms with Gasteiger partial charge in [0.15, 0.2) is 0 Å². The molecule has 1 aromatic carbocycles. The second kappa shape index (κ2) is 4.08. The first-order chi connectivity index (χ1) is 6.13. The summed E-state index contributed by atoms with van der Waals surface area (Å²) >= 11 is 0. The zero-order valence-corrected chi connectivity index (χ0v) is 8.26. The van der Waals surface area contributed by atoms with Crippen molar-refractivity contribution in [2.75, 3.05) is 7.11 Å². The van der Waals surface area contributed by atoms with Crippen LogP contribution >= 0.6 is 0 Å². The molecule has 0 saturated heterocycles. The van der Waals surface area contributed by atoms with E-state index < -0.39 is 0 Å². The van der Waals surface area contributed by atoms with Crippen LogP contribution in [-0.4, -0.2) is 12.9 Å². The Hall–Kier alpha value is -1.31. The molecule has 13 heavy (non-hydrogen) atoms. The van der Waals surface area contributed by atoms with Gasteiger partial charge in [-0.05, 0) is 19.9 Å². The molecule has 1 rings (SSSR count). The first kappa shape index (κ1) is 9.78. The van der Waals surface area contributed by atoms with E-state index in [0.29, 0.717) is 6.42 Å². The molecule has 0 bridgehead atoms. The van der Waals surface area contributed by atoms with E-state index in [2.05, 4.69) is 0 Å². The van der Waals surface area contributed by atoms with Gasteiger partial charge in [-0.15, -0.1) is 0 Å². The van der Waals surface area contributed by atoms with Crippen LogP contribution in [0.5, 0.6) is 5.75 Å². The summed E-state index contributed by atoms with van der Waals surface area (Å²) in [6.45, 7) is 3.59. The molecule has 0 radical (unpaired) electrons. The van der Waals surface area contributed by atoms with Crippen molar-refractivity contribution in [3.63, 3.8) is 0 Å². The molecule has 0 aromatic heterocycles. The van der Waals surface area contributed by atoms with Crippen molar-refractivity contribution in [3.8, 4) is 5.75 Å². The summed E-state index contributed by atoms with van der Waals surface area (Å²) in [6, 6.07) is 5.86. The zero-order valence-electron chi connectivity index (χ0n) is 8.26. The van der Waals surface area contributed by atoms with E-state index >= 15 is 0 Å². The first-order valence-corrected chi connectivity index (χ1v) is 4.26. The van der Waals surface area contributed by atoms with Crippen molar-refractivity contribution < 1.29 is 9.53 Å². The molecule has 0 spiro atoms. The molecule has 0 heterocycles. The maximum Gasteiger partial charge on any atom is 0.134 e. The number of aryl methyl sites for hydroxylation is 1. The minimum absolute atomic E-state index is 0.156. The molecular weight excluding hydrogens is 164 g/mol. The van der Waals surface area contributed by atoms with Gasteiger partial charge in [0.05, 0.1) is 7.11 Å². The highest BCUT2D eigenvalue weighted by molar-refractivity contribution is 5.79. The van der Waals surface area contributed by atoms with E-state index in [1.165, 1.54) is 0 Å².